The Balaban J connectivity index is 0.00000242. The average molecular weight is 414 g/mol. The summed E-state index contributed by atoms with van der Waals surface area (Å²) in [5.74, 6) is 1.03. The first-order valence-electron chi connectivity index (χ1n) is 6.56. The lowest BCUT2D eigenvalue weighted by Gasteiger charge is -2.05. The van der Waals surface area contributed by atoms with Crippen LogP contribution in [-0.4, -0.2) is 11.9 Å². The molecule has 0 fully saturated rings. The van der Waals surface area contributed by atoms with Gasteiger partial charge in [0.2, 0.25) is 5.91 Å². The molecule has 0 aliphatic heterocycles. The van der Waals surface area contributed by atoms with E-state index in [0.717, 1.165) is 17.0 Å². The summed E-state index contributed by atoms with van der Waals surface area (Å²) in [5, 5.41) is 5.70. The van der Waals surface area contributed by atoms with Gasteiger partial charge in [-0.3, -0.25) is 4.79 Å². The molecule has 0 unspecified atom stereocenters. The van der Waals surface area contributed by atoms with Gasteiger partial charge in [-0.25, -0.2) is 4.99 Å². The Morgan fingerprint density at radius 3 is 2.82 bits per heavy atom. The van der Waals surface area contributed by atoms with Crippen molar-refractivity contribution in [2.75, 3.05) is 5.32 Å². The van der Waals surface area contributed by atoms with Gasteiger partial charge in [-0.15, -0.1) is 24.0 Å². The van der Waals surface area contributed by atoms with Gasteiger partial charge in [0.25, 0.3) is 0 Å². The molecule has 2 aromatic rings. The van der Waals surface area contributed by atoms with E-state index in [1.54, 1.807) is 6.26 Å². The molecule has 1 aromatic heterocycles. The SMILES string of the molecule is CC(=O)Nc1cccc(CN=C(N)NCc2ccco2)c1.I. The van der Waals surface area contributed by atoms with Crippen LogP contribution >= 0.6 is 24.0 Å². The monoisotopic (exact) mass is 414 g/mol. The van der Waals surface area contributed by atoms with E-state index in [2.05, 4.69) is 15.6 Å². The lowest BCUT2D eigenvalue weighted by molar-refractivity contribution is -0.114. The number of nitrogens with two attached hydrogens (primary N) is 1. The maximum Gasteiger partial charge on any atom is 0.221 e. The van der Waals surface area contributed by atoms with E-state index < -0.39 is 0 Å². The lowest BCUT2D eigenvalue weighted by atomic mass is 10.2. The number of halogens is 1. The second-order valence-electron chi connectivity index (χ2n) is 4.52. The maximum atomic E-state index is 11.0. The first-order chi connectivity index (χ1) is 10.1. The number of nitrogens with one attached hydrogen (secondary N) is 2. The highest BCUT2D eigenvalue weighted by atomic mass is 127. The number of hydrogen-bond donors (Lipinski definition) is 3. The summed E-state index contributed by atoms with van der Waals surface area (Å²) in [6.45, 7) is 2.40. The highest BCUT2D eigenvalue weighted by Gasteiger charge is 1.99. The molecule has 6 nitrogen and oxygen atoms in total. The molecule has 0 saturated heterocycles. The van der Waals surface area contributed by atoms with Crippen molar-refractivity contribution in [3.05, 3.63) is 54.0 Å². The Bertz CT molecular complexity index is 626. The number of amides is 1. The number of carbonyl (C=O) groups is 1. The average Bonchev–Trinajstić information content (AvgIpc) is 2.96. The molecular weight excluding hydrogens is 395 g/mol. The molecule has 1 amide bonds. The van der Waals surface area contributed by atoms with Crippen molar-refractivity contribution >= 4 is 41.5 Å². The van der Waals surface area contributed by atoms with Crippen LogP contribution in [0.25, 0.3) is 0 Å². The summed E-state index contributed by atoms with van der Waals surface area (Å²) in [7, 11) is 0. The normalized spacial score (nSPS) is 10.7. The van der Waals surface area contributed by atoms with Crippen LogP contribution in [0.4, 0.5) is 5.69 Å². The number of nitrogens with zero attached hydrogens (tertiary/aromatic N) is 1. The van der Waals surface area contributed by atoms with Crippen LogP contribution < -0.4 is 16.4 Å². The van der Waals surface area contributed by atoms with Gasteiger partial charge in [0.1, 0.15) is 5.76 Å². The molecule has 0 saturated carbocycles. The van der Waals surface area contributed by atoms with Gasteiger partial charge in [0, 0.05) is 12.6 Å². The Morgan fingerprint density at radius 2 is 2.14 bits per heavy atom. The number of furan rings is 1. The molecule has 0 aliphatic carbocycles. The third kappa shape index (κ3) is 6.17. The summed E-state index contributed by atoms with van der Waals surface area (Å²) < 4.78 is 5.19. The van der Waals surface area contributed by atoms with Crippen molar-refractivity contribution in [1.82, 2.24) is 5.32 Å². The number of benzene rings is 1. The first-order valence-corrected chi connectivity index (χ1v) is 6.56. The molecule has 0 radical (unpaired) electrons. The fourth-order valence-corrected chi connectivity index (χ4v) is 1.77. The second-order valence-corrected chi connectivity index (χ2v) is 4.52. The van der Waals surface area contributed by atoms with E-state index in [1.165, 1.54) is 6.92 Å². The smallest absolute Gasteiger partial charge is 0.221 e. The van der Waals surface area contributed by atoms with Crippen molar-refractivity contribution in [1.29, 1.82) is 0 Å². The Morgan fingerprint density at radius 1 is 1.32 bits per heavy atom. The van der Waals surface area contributed by atoms with Crippen LogP contribution in [0.3, 0.4) is 0 Å². The molecule has 2 rings (SSSR count). The molecular formula is C15H19IN4O2. The molecule has 1 aromatic carbocycles. The highest BCUT2D eigenvalue weighted by Crippen LogP contribution is 2.11. The predicted octanol–water partition coefficient (Wildman–Crippen LogP) is 2.46. The molecule has 4 N–H and O–H groups in total. The first kappa shape index (κ1) is 18.0. The molecule has 0 aliphatic rings. The van der Waals surface area contributed by atoms with Crippen LogP contribution in [0.2, 0.25) is 0 Å². The highest BCUT2D eigenvalue weighted by molar-refractivity contribution is 14.0. The van der Waals surface area contributed by atoms with Crippen molar-refractivity contribution in [3.8, 4) is 0 Å². The molecule has 1 heterocycles. The van der Waals surface area contributed by atoms with Gasteiger partial charge in [0.05, 0.1) is 19.4 Å². The van der Waals surface area contributed by atoms with E-state index >= 15 is 0 Å². The zero-order valence-corrected chi connectivity index (χ0v) is 14.5. The van der Waals surface area contributed by atoms with Crippen molar-refractivity contribution in [3.63, 3.8) is 0 Å². The lowest BCUT2D eigenvalue weighted by Crippen LogP contribution is -2.30. The number of aliphatic imine (C=N–C) groups is 1. The van der Waals surface area contributed by atoms with E-state index in [4.69, 9.17) is 10.2 Å². The van der Waals surface area contributed by atoms with E-state index in [1.807, 2.05) is 36.4 Å². The molecule has 0 atom stereocenters. The number of guanidine groups is 1. The molecule has 118 valence electrons. The van der Waals surface area contributed by atoms with Crippen LogP contribution in [0.1, 0.15) is 18.2 Å². The largest absolute Gasteiger partial charge is 0.467 e. The van der Waals surface area contributed by atoms with Gasteiger partial charge in [0.15, 0.2) is 5.96 Å². The number of carbonyl (C=O) groups excluding carboxylic acids is 1. The predicted molar refractivity (Wildman–Crippen MR) is 97.0 cm³/mol. The van der Waals surface area contributed by atoms with Crippen LogP contribution in [-0.2, 0) is 17.9 Å². The van der Waals surface area contributed by atoms with Crippen molar-refractivity contribution in [2.45, 2.75) is 20.0 Å². The number of anilines is 1. The standard InChI is InChI=1S/C15H18N4O2.HI/c1-11(20)19-13-5-2-4-12(8-13)9-17-15(16)18-10-14-6-3-7-21-14;/h2-8H,9-10H2,1H3,(H,19,20)(H3,16,17,18);1H. The van der Waals surface area contributed by atoms with E-state index in [9.17, 15) is 4.79 Å². The topological polar surface area (TPSA) is 92.7 Å². The zero-order chi connectivity index (χ0) is 15.1. The van der Waals surface area contributed by atoms with Gasteiger partial charge >= 0.3 is 0 Å². The molecule has 0 bridgehead atoms. The minimum Gasteiger partial charge on any atom is -0.467 e. The van der Waals surface area contributed by atoms with E-state index in [0.29, 0.717) is 19.0 Å². The summed E-state index contributed by atoms with van der Waals surface area (Å²) in [6, 6.07) is 11.2. The summed E-state index contributed by atoms with van der Waals surface area (Å²) in [5.41, 5.74) is 7.49. The van der Waals surface area contributed by atoms with Gasteiger partial charge in [-0.05, 0) is 29.8 Å². The fraction of sp³-hybridized carbons (Fsp3) is 0.200. The van der Waals surface area contributed by atoms with Crippen LogP contribution in [0.15, 0.2) is 52.1 Å². The summed E-state index contributed by atoms with van der Waals surface area (Å²) in [6.07, 6.45) is 1.61. The third-order valence-electron chi connectivity index (χ3n) is 2.70. The Kier molecular flexibility index (Phi) is 7.44. The third-order valence-corrected chi connectivity index (χ3v) is 2.70. The Labute approximate surface area is 146 Å². The summed E-state index contributed by atoms with van der Waals surface area (Å²) >= 11 is 0. The van der Waals surface area contributed by atoms with Gasteiger partial charge in [-0.2, -0.15) is 0 Å². The quantitative estimate of drug-likeness (QED) is 0.398. The minimum atomic E-state index is -0.102. The van der Waals surface area contributed by atoms with Gasteiger partial charge < -0.3 is 20.8 Å². The Hall–Kier alpha value is -2.03. The minimum absolute atomic E-state index is 0. The molecule has 7 heteroatoms. The van der Waals surface area contributed by atoms with Gasteiger partial charge in [-0.1, -0.05) is 12.1 Å². The fourth-order valence-electron chi connectivity index (χ4n) is 1.77. The van der Waals surface area contributed by atoms with Crippen LogP contribution in [0.5, 0.6) is 0 Å². The number of rotatable bonds is 5. The van der Waals surface area contributed by atoms with Crippen molar-refractivity contribution in [2.24, 2.45) is 10.7 Å². The zero-order valence-electron chi connectivity index (χ0n) is 12.2. The van der Waals surface area contributed by atoms with Crippen molar-refractivity contribution < 1.29 is 9.21 Å². The second kappa shape index (κ2) is 9.08. The van der Waals surface area contributed by atoms with E-state index in [-0.39, 0.29) is 29.9 Å². The molecule has 0 spiro atoms. The maximum absolute atomic E-state index is 11.0. The molecule has 22 heavy (non-hydrogen) atoms. The van der Waals surface area contributed by atoms with Crippen LogP contribution in [0, 0.1) is 0 Å². The summed E-state index contributed by atoms with van der Waals surface area (Å²) in [4.78, 5) is 15.3. The number of hydrogen-bond acceptors (Lipinski definition) is 3.